The van der Waals surface area contributed by atoms with Crippen molar-refractivity contribution in [2.24, 2.45) is 5.73 Å². The van der Waals surface area contributed by atoms with Gasteiger partial charge >= 0.3 is 0 Å². The summed E-state index contributed by atoms with van der Waals surface area (Å²) in [5.41, 5.74) is 5.71. The molecule has 0 atom stereocenters. The fourth-order valence-electron chi connectivity index (χ4n) is 2.48. The van der Waals surface area contributed by atoms with Crippen LogP contribution in [0.3, 0.4) is 0 Å². The lowest BCUT2D eigenvalue weighted by atomic mass is 10.2. The van der Waals surface area contributed by atoms with Crippen LogP contribution in [0.1, 0.15) is 0 Å². The fourth-order valence-corrected chi connectivity index (χ4v) is 3.16. The normalized spacial score (nSPS) is 15.6. The Morgan fingerprint density at radius 2 is 2.05 bits per heavy atom. The lowest BCUT2D eigenvalue weighted by Gasteiger charge is -2.35. The summed E-state index contributed by atoms with van der Waals surface area (Å²) < 4.78 is 5.69. The van der Waals surface area contributed by atoms with E-state index in [0.717, 1.165) is 0 Å². The second-order valence-corrected chi connectivity index (χ2v) is 5.82. The standard InChI is InChI=1S/C13H17BrN4O4/c1-22-9-6-10(14)13(11(7-9)18(20)21)17-4-2-16(3-5-17)8-12(15)19/h6-7H,2-5,8H2,1H3,(H2,15,19). The van der Waals surface area contributed by atoms with E-state index in [4.69, 9.17) is 10.5 Å². The van der Waals surface area contributed by atoms with Gasteiger partial charge in [-0.2, -0.15) is 0 Å². The molecule has 0 aromatic heterocycles. The van der Waals surface area contributed by atoms with Gasteiger partial charge < -0.3 is 15.4 Å². The first-order chi connectivity index (χ1) is 10.4. The van der Waals surface area contributed by atoms with Crippen LogP contribution in [0.4, 0.5) is 11.4 Å². The number of methoxy groups -OCH3 is 1. The van der Waals surface area contributed by atoms with Gasteiger partial charge in [0.15, 0.2) is 0 Å². The third-order valence-corrected chi connectivity index (χ3v) is 4.12. The molecule has 1 fully saturated rings. The maximum absolute atomic E-state index is 11.3. The van der Waals surface area contributed by atoms with Crippen molar-refractivity contribution in [2.45, 2.75) is 0 Å². The Balaban J connectivity index is 2.22. The van der Waals surface area contributed by atoms with Crippen molar-refractivity contribution in [3.63, 3.8) is 0 Å². The smallest absolute Gasteiger partial charge is 0.297 e. The average Bonchev–Trinajstić information content (AvgIpc) is 2.46. The second kappa shape index (κ2) is 6.93. The first-order valence-electron chi connectivity index (χ1n) is 6.70. The van der Waals surface area contributed by atoms with E-state index in [-0.39, 0.29) is 18.1 Å². The highest BCUT2D eigenvalue weighted by molar-refractivity contribution is 9.10. The predicted octanol–water partition coefficient (Wildman–Crippen LogP) is 0.973. The van der Waals surface area contributed by atoms with Crippen molar-refractivity contribution in [2.75, 3.05) is 44.7 Å². The molecule has 0 unspecified atom stereocenters. The van der Waals surface area contributed by atoms with E-state index in [9.17, 15) is 14.9 Å². The van der Waals surface area contributed by atoms with E-state index in [1.54, 1.807) is 6.07 Å². The number of nitro benzene ring substituents is 1. The van der Waals surface area contributed by atoms with Crippen LogP contribution in [0, 0.1) is 10.1 Å². The molecule has 120 valence electrons. The lowest BCUT2D eigenvalue weighted by molar-refractivity contribution is -0.384. The summed E-state index contributed by atoms with van der Waals surface area (Å²) in [6.45, 7) is 2.62. The van der Waals surface area contributed by atoms with E-state index in [2.05, 4.69) is 15.9 Å². The highest BCUT2D eigenvalue weighted by Gasteiger charge is 2.27. The number of anilines is 1. The number of piperazine rings is 1. The summed E-state index contributed by atoms with van der Waals surface area (Å²) in [5, 5.41) is 11.3. The second-order valence-electron chi connectivity index (χ2n) is 4.96. The molecular weight excluding hydrogens is 356 g/mol. The topological polar surface area (TPSA) is 102 Å². The number of primary amides is 1. The van der Waals surface area contributed by atoms with Gasteiger partial charge in [-0.15, -0.1) is 0 Å². The molecule has 1 aliphatic heterocycles. The molecule has 1 amide bonds. The summed E-state index contributed by atoms with van der Waals surface area (Å²) in [5.74, 6) is 0.0553. The number of nitrogens with two attached hydrogens (primary N) is 1. The maximum atomic E-state index is 11.3. The molecule has 9 heteroatoms. The Morgan fingerprint density at radius 3 is 2.55 bits per heavy atom. The zero-order valence-corrected chi connectivity index (χ0v) is 13.7. The van der Waals surface area contributed by atoms with E-state index in [0.29, 0.717) is 42.1 Å². The number of rotatable bonds is 5. The molecular formula is C13H17BrN4O4. The van der Waals surface area contributed by atoms with Crippen molar-refractivity contribution < 1.29 is 14.5 Å². The number of amides is 1. The largest absolute Gasteiger partial charge is 0.496 e. The minimum absolute atomic E-state index is 0.00502. The number of carbonyl (C=O) groups is 1. The summed E-state index contributed by atoms with van der Waals surface area (Å²) in [6, 6.07) is 3.12. The van der Waals surface area contributed by atoms with Crippen LogP contribution in [0.25, 0.3) is 0 Å². The lowest BCUT2D eigenvalue weighted by Crippen LogP contribution is -2.49. The highest BCUT2D eigenvalue weighted by atomic mass is 79.9. The van der Waals surface area contributed by atoms with Crippen LogP contribution < -0.4 is 15.4 Å². The zero-order chi connectivity index (χ0) is 16.3. The van der Waals surface area contributed by atoms with Crippen molar-refractivity contribution >= 4 is 33.2 Å². The molecule has 22 heavy (non-hydrogen) atoms. The Kier molecular flexibility index (Phi) is 5.19. The number of ether oxygens (including phenoxy) is 1. The van der Waals surface area contributed by atoms with Crippen LogP contribution >= 0.6 is 15.9 Å². The van der Waals surface area contributed by atoms with Crippen LogP contribution in [0.5, 0.6) is 5.75 Å². The Morgan fingerprint density at radius 1 is 1.41 bits per heavy atom. The maximum Gasteiger partial charge on any atom is 0.297 e. The van der Waals surface area contributed by atoms with E-state index in [1.165, 1.54) is 13.2 Å². The highest BCUT2D eigenvalue weighted by Crippen LogP contribution is 2.39. The molecule has 0 spiro atoms. The molecule has 1 aromatic carbocycles. The number of hydrogen-bond donors (Lipinski definition) is 1. The van der Waals surface area contributed by atoms with E-state index in [1.807, 2.05) is 9.80 Å². The van der Waals surface area contributed by atoms with E-state index < -0.39 is 4.92 Å². The average molecular weight is 373 g/mol. The number of benzene rings is 1. The van der Waals surface area contributed by atoms with Crippen molar-refractivity contribution in [3.8, 4) is 5.75 Å². The SMILES string of the molecule is COc1cc(Br)c(N2CCN(CC(N)=O)CC2)c([N+](=O)[O-])c1. The van der Waals surface area contributed by atoms with Gasteiger partial charge in [-0.1, -0.05) is 0 Å². The van der Waals surface area contributed by atoms with Crippen molar-refractivity contribution in [1.82, 2.24) is 4.90 Å². The monoisotopic (exact) mass is 372 g/mol. The molecule has 1 saturated heterocycles. The first-order valence-corrected chi connectivity index (χ1v) is 7.49. The van der Waals surface area contributed by atoms with Gasteiger partial charge in [0.25, 0.3) is 5.69 Å². The van der Waals surface area contributed by atoms with Crippen molar-refractivity contribution in [1.29, 1.82) is 0 Å². The van der Waals surface area contributed by atoms with Gasteiger partial charge in [0, 0.05) is 26.2 Å². The molecule has 0 saturated carbocycles. The number of nitrogens with zero attached hydrogens (tertiary/aromatic N) is 3. The third kappa shape index (κ3) is 3.66. The zero-order valence-electron chi connectivity index (χ0n) is 12.1. The van der Waals surface area contributed by atoms with Gasteiger partial charge in [0.1, 0.15) is 11.4 Å². The molecule has 2 rings (SSSR count). The molecule has 2 N–H and O–H groups in total. The Labute approximate surface area is 136 Å². The molecule has 1 heterocycles. The Bertz CT molecular complexity index is 588. The van der Waals surface area contributed by atoms with Crippen molar-refractivity contribution in [3.05, 3.63) is 26.7 Å². The molecule has 0 bridgehead atoms. The minimum Gasteiger partial charge on any atom is -0.496 e. The van der Waals surface area contributed by atoms with Gasteiger partial charge in [0.05, 0.1) is 29.1 Å². The summed E-state index contributed by atoms with van der Waals surface area (Å²) in [6.07, 6.45) is 0. The van der Waals surface area contributed by atoms with Gasteiger partial charge in [-0.3, -0.25) is 19.8 Å². The molecule has 0 radical (unpaired) electrons. The van der Waals surface area contributed by atoms with Gasteiger partial charge in [-0.05, 0) is 22.0 Å². The number of halogens is 1. The molecule has 1 aliphatic rings. The predicted molar refractivity (Wildman–Crippen MR) is 85.2 cm³/mol. The van der Waals surface area contributed by atoms with E-state index >= 15 is 0 Å². The molecule has 0 aliphatic carbocycles. The number of hydrogen-bond acceptors (Lipinski definition) is 6. The van der Waals surface area contributed by atoms with Crippen LogP contribution in [0.15, 0.2) is 16.6 Å². The minimum atomic E-state index is -0.418. The summed E-state index contributed by atoms with van der Waals surface area (Å²) >= 11 is 3.38. The van der Waals surface area contributed by atoms with Crippen LogP contribution in [-0.2, 0) is 4.79 Å². The fraction of sp³-hybridized carbons (Fsp3) is 0.462. The number of nitro groups is 1. The first kappa shape index (κ1) is 16.5. The quantitative estimate of drug-likeness (QED) is 0.610. The number of carbonyl (C=O) groups excluding carboxylic acids is 1. The van der Waals surface area contributed by atoms with Crippen LogP contribution in [-0.4, -0.2) is 55.6 Å². The van der Waals surface area contributed by atoms with Crippen LogP contribution in [0.2, 0.25) is 0 Å². The van der Waals surface area contributed by atoms with Gasteiger partial charge in [0.2, 0.25) is 5.91 Å². The molecule has 1 aromatic rings. The molecule has 8 nitrogen and oxygen atoms in total. The summed E-state index contributed by atoms with van der Waals surface area (Å²) in [4.78, 5) is 25.7. The summed E-state index contributed by atoms with van der Waals surface area (Å²) in [7, 11) is 1.47. The Hall–Kier alpha value is -1.87. The van der Waals surface area contributed by atoms with Gasteiger partial charge in [-0.25, -0.2) is 0 Å². The third-order valence-electron chi connectivity index (χ3n) is 3.52.